The smallest absolute Gasteiger partial charge is 0.223 e. The maximum absolute atomic E-state index is 13.2. The molecule has 0 spiro atoms. The van der Waals surface area contributed by atoms with Gasteiger partial charge < -0.3 is 10.6 Å². The number of amides is 1. The van der Waals surface area contributed by atoms with Crippen LogP contribution in [-0.2, 0) is 11.2 Å². The minimum absolute atomic E-state index is 0.0586. The van der Waals surface area contributed by atoms with E-state index in [9.17, 15) is 9.18 Å². The lowest BCUT2D eigenvalue weighted by Crippen LogP contribution is -2.39. The molecular weight excluding hydrogens is 415 g/mol. The van der Waals surface area contributed by atoms with Gasteiger partial charge in [-0.15, -0.1) is 0 Å². The summed E-state index contributed by atoms with van der Waals surface area (Å²) < 4.78 is 13.1. The van der Waals surface area contributed by atoms with Crippen molar-refractivity contribution >= 4 is 23.5 Å². The topological polar surface area (TPSA) is 72.1 Å². The highest BCUT2D eigenvalue weighted by atomic mass is 35.5. The average molecular weight is 439 g/mol. The van der Waals surface area contributed by atoms with E-state index in [2.05, 4.69) is 9.97 Å². The van der Waals surface area contributed by atoms with Crippen LogP contribution in [0.3, 0.4) is 0 Å². The lowest BCUT2D eigenvalue weighted by atomic mass is 9.93. The summed E-state index contributed by atoms with van der Waals surface area (Å²) in [5.41, 5.74) is 9.35. The first kappa shape index (κ1) is 21.2. The fourth-order valence-electron chi connectivity index (χ4n) is 4.10. The number of nitrogen functional groups attached to an aromatic ring is 1. The Morgan fingerprint density at radius 1 is 1.19 bits per heavy atom. The van der Waals surface area contributed by atoms with Crippen molar-refractivity contribution in [2.75, 3.05) is 12.3 Å². The number of aryl methyl sites for hydroxylation is 1. The number of likely N-dealkylation sites (tertiary alicyclic amines) is 1. The molecule has 31 heavy (non-hydrogen) atoms. The number of aromatic nitrogens is 2. The summed E-state index contributed by atoms with van der Waals surface area (Å²) in [7, 11) is 0. The van der Waals surface area contributed by atoms with Crippen molar-refractivity contribution in [1.82, 2.24) is 14.9 Å². The van der Waals surface area contributed by atoms with Crippen molar-refractivity contribution in [2.45, 2.75) is 38.1 Å². The maximum Gasteiger partial charge on any atom is 0.223 e. The zero-order valence-corrected chi connectivity index (χ0v) is 17.9. The van der Waals surface area contributed by atoms with E-state index in [4.69, 9.17) is 17.3 Å². The minimum Gasteiger partial charge on any atom is -0.368 e. The van der Waals surface area contributed by atoms with Crippen molar-refractivity contribution in [2.24, 2.45) is 0 Å². The predicted molar refractivity (Wildman–Crippen MR) is 120 cm³/mol. The summed E-state index contributed by atoms with van der Waals surface area (Å²) in [5, 5.41) is 0.621. The highest BCUT2D eigenvalue weighted by molar-refractivity contribution is 6.30. The van der Waals surface area contributed by atoms with Crippen molar-refractivity contribution < 1.29 is 9.18 Å². The number of rotatable bonds is 5. The molecule has 0 radical (unpaired) electrons. The van der Waals surface area contributed by atoms with Crippen LogP contribution in [-0.4, -0.2) is 27.3 Å². The second-order valence-corrected chi connectivity index (χ2v) is 8.20. The van der Waals surface area contributed by atoms with E-state index in [1.165, 1.54) is 12.1 Å². The van der Waals surface area contributed by atoms with Crippen LogP contribution in [0.2, 0.25) is 5.02 Å². The highest BCUT2D eigenvalue weighted by Crippen LogP contribution is 2.36. The Morgan fingerprint density at radius 3 is 2.77 bits per heavy atom. The molecule has 2 aromatic carbocycles. The van der Waals surface area contributed by atoms with Crippen LogP contribution in [0.5, 0.6) is 0 Å². The van der Waals surface area contributed by atoms with Crippen LogP contribution in [0.25, 0.3) is 11.1 Å². The SMILES string of the molecule is Nc1ncc(-c2cccc(Cl)c2)c([C@H]2CCCCN2C(=O)CCc2ccc(F)cc2)n1. The molecule has 5 nitrogen and oxygen atoms in total. The third kappa shape index (κ3) is 5.02. The van der Waals surface area contributed by atoms with Crippen LogP contribution in [0, 0.1) is 5.82 Å². The second-order valence-electron chi connectivity index (χ2n) is 7.76. The van der Waals surface area contributed by atoms with E-state index < -0.39 is 0 Å². The monoisotopic (exact) mass is 438 g/mol. The van der Waals surface area contributed by atoms with E-state index in [1.54, 1.807) is 18.3 Å². The standard InChI is InChI=1S/C24H24ClFN4O/c25-18-5-3-4-17(14-18)20-15-28-24(27)29-23(20)21-6-1-2-13-30(21)22(31)12-9-16-7-10-19(26)11-8-16/h3-5,7-8,10-11,14-15,21H,1-2,6,9,12-13H2,(H2,27,28,29)/t21-/m1/s1. The van der Waals surface area contributed by atoms with E-state index in [1.807, 2.05) is 29.2 Å². The molecule has 1 aliphatic rings. The van der Waals surface area contributed by atoms with Gasteiger partial charge in [-0.05, 0) is 61.1 Å². The average Bonchev–Trinajstić information content (AvgIpc) is 2.78. The zero-order chi connectivity index (χ0) is 21.8. The van der Waals surface area contributed by atoms with Crippen LogP contribution in [0.1, 0.15) is 43.0 Å². The number of hydrogen-bond acceptors (Lipinski definition) is 4. The molecular formula is C24H24ClFN4O. The molecule has 2 N–H and O–H groups in total. The Bertz CT molecular complexity index is 1070. The van der Waals surface area contributed by atoms with Gasteiger partial charge in [0, 0.05) is 29.7 Å². The molecule has 2 heterocycles. The number of piperidine rings is 1. The van der Waals surface area contributed by atoms with Gasteiger partial charge in [-0.2, -0.15) is 0 Å². The minimum atomic E-state index is -0.277. The van der Waals surface area contributed by atoms with Crippen molar-refractivity contribution in [3.8, 4) is 11.1 Å². The van der Waals surface area contributed by atoms with Gasteiger partial charge in [0.25, 0.3) is 0 Å². The molecule has 1 fully saturated rings. The van der Waals surface area contributed by atoms with Crippen molar-refractivity contribution in [1.29, 1.82) is 0 Å². The van der Waals surface area contributed by atoms with E-state index in [0.717, 1.165) is 41.6 Å². The highest BCUT2D eigenvalue weighted by Gasteiger charge is 2.31. The molecule has 1 saturated heterocycles. The summed E-state index contributed by atoms with van der Waals surface area (Å²) in [6.45, 7) is 0.672. The van der Waals surface area contributed by atoms with Crippen molar-refractivity contribution in [3.05, 3.63) is 76.8 Å². The number of anilines is 1. The molecule has 0 unspecified atom stereocenters. The first-order valence-corrected chi connectivity index (χ1v) is 10.8. The molecule has 1 amide bonds. The number of carbonyl (C=O) groups excluding carboxylic acids is 1. The summed E-state index contributed by atoms with van der Waals surface area (Å²) >= 11 is 6.20. The number of halogens is 2. The molecule has 160 valence electrons. The Hall–Kier alpha value is -2.99. The number of benzene rings is 2. The molecule has 1 aromatic heterocycles. The third-order valence-electron chi connectivity index (χ3n) is 5.65. The van der Waals surface area contributed by atoms with Gasteiger partial charge in [-0.1, -0.05) is 35.9 Å². The summed E-state index contributed by atoms with van der Waals surface area (Å²) in [4.78, 5) is 23.8. The molecule has 0 saturated carbocycles. The van der Waals surface area contributed by atoms with E-state index in [-0.39, 0.29) is 23.7 Å². The quantitative estimate of drug-likeness (QED) is 0.593. The number of nitrogens with zero attached hydrogens (tertiary/aromatic N) is 3. The molecule has 4 rings (SSSR count). The normalized spacial score (nSPS) is 16.3. The molecule has 1 aliphatic heterocycles. The Morgan fingerprint density at radius 2 is 2.00 bits per heavy atom. The lowest BCUT2D eigenvalue weighted by Gasteiger charge is -2.36. The number of hydrogen-bond donors (Lipinski definition) is 1. The zero-order valence-electron chi connectivity index (χ0n) is 17.1. The summed E-state index contributed by atoms with van der Waals surface area (Å²) in [6, 6.07) is 13.6. The van der Waals surface area contributed by atoms with Crippen LogP contribution < -0.4 is 5.73 Å². The van der Waals surface area contributed by atoms with Gasteiger partial charge in [0.2, 0.25) is 11.9 Å². The summed E-state index contributed by atoms with van der Waals surface area (Å²) in [5.74, 6) is -0.0330. The van der Waals surface area contributed by atoms with Gasteiger partial charge in [-0.25, -0.2) is 14.4 Å². The van der Waals surface area contributed by atoms with Gasteiger partial charge in [0.1, 0.15) is 5.82 Å². The van der Waals surface area contributed by atoms with Gasteiger partial charge >= 0.3 is 0 Å². The van der Waals surface area contributed by atoms with Gasteiger partial charge in [-0.3, -0.25) is 4.79 Å². The molecule has 0 bridgehead atoms. The molecule has 7 heteroatoms. The predicted octanol–water partition coefficient (Wildman–Crippen LogP) is 5.20. The van der Waals surface area contributed by atoms with Crippen LogP contribution >= 0.6 is 11.6 Å². The Balaban J connectivity index is 1.60. The number of carbonyl (C=O) groups is 1. The largest absolute Gasteiger partial charge is 0.368 e. The number of nitrogens with two attached hydrogens (primary N) is 1. The third-order valence-corrected chi connectivity index (χ3v) is 5.89. The Kier molecular flexibility index (Phi) is 6.47. The lowest BCUT2D eigenvalue weighted by molar-refractivity contribution is -0.135. The fraction of sp³-hybridized carbons (Fsp3) is 0.292. The van der Waals surface area contributed by atoms with Crippen LogP contribution in [0.15, 0.2) is 54.7 Å². The van der Waals surface area contributed by atoms with Gasteiger partial charge in [0.05, 0.1) is 11.7 Å². The first-order chi connectivity index (χ1) is 15.0. The summed E-state index contributed by atoms with van der Waals surface area (Å²) in [6.07, 6.45) is 5.40. The molecule has 1 atom stereocenters. The second kappa shape index (κ2) is 9.43. The van der Waals surface area contributed by atoms with E-state index >= 15 is 0 Å². The Labute approximate surface area is 186 Å². The van der Waals surface area contributed by atoms with Crippen LogP contribution in [0.4, 0.5) is 10.3 Å². The van der Waals surface area contributed by atoms with Crippen molar-refractivity contribution in [3.63, 3.8) is 0 Å². The maximum atomic E-state index is 13.2. The fourth-order valence-corrected chi connectivity index (χ4v) is 4.29. The molecule has 3 aromatic rings. The van der Waals surface area contributed by atoms with E-state index in [0.29, 0.717) is 24.4 Å². The first-order valence-electron chi connectivity index (χ1n) is 10.4. The van der Waals surface area contributed by atoms with Gasteiger partial charge in [0.15, 0.2) is 0 Å². The molecule has 0 aliphatic carbocycles.